The van der Waals surface area contributed by atoms with E-state index in [0.29, 0.717) is 13.0 Å². The summed E-state index contributed by atoms with van der Waals surface area (Å²) >= 11 is 0. The van der Waals surface area contributed by atoms with Gasteiger partial charge in [-0.3, -0.25) is 4.90 Å². The van der Waals surface area contributed by atoms with Crippen LogP contribution in [0.15, 0.2) is 18.2 Å². The van der Waals surface area contributed by atoms with Gasteiger partial charge in [0, 0.05) is 44.4 Å². The van der Waals surface area contributed by atoms with Crippen molar-refractivity contribution in [3.8, 4) is 5.75 Å². The number of halogens is 2. The van der Waals surface area contributed by atoms with Gasteiger partial charge in [-0.05, 0) is 32.4 Å². The molecule has 6 heteroatoms. The third kappa shape index (κ3) is 4.88. The third-order valence-electron chi connectivity index (χ3n) is 4.91. The number of benzene rings is 1. The Morgan fingerprint density at radius 1 is 0.958 bits per heavy atom. The summed E-state index contributed by atoms with van der Waals surface area (Å²) in [5, 5.41) is 10.3. The van der Waals surface area contributed by atoms with E-state index in [1.54, 1.807) is 0 Å². The molecule has 1 aromatic carbocycles. The van der Waals surface area contributed by atoms with Crippen molar-refractivity contribution in [1.82, 2.24) is 9.80 Å². The molecule has 0 radical (unpaired) electrons. The summed E-state index contributed by atoms with van der Waals surface area (Å²) in [4.78, 5) is 4.72. The van der Waals surface area contributed by atoms with Gasteiger partial charge in [0.25, 0.3) is 0 Å². The maximum atomic E-state index is 13.2. The first-order valence-electron chi connectivity index (χ1n) is 8.86. The second-order valence-electron chi connectivity index (χ2n) is 6.82. The lowest BCUT2D eigenvalue weighted by Gasteiger charge is -2.37. The highest BCUT2D eigenvalue weighted by Crippen LogP contribution is 2.21. The summed E-state index contributed by atoms with van der Waals surface area (Å²) in [5.41, 5.74) is 0. The Hall–Kier alpha value is -1.24. The SMILES string of the molecule is O[C@@H]1CN(CCN2CCCCC2)CC[C@H]1Oc1cc(F)cc(F)c1. The lowest BCUT2D eigenvalue weighted by molar-refractivity contribution is -0.0274. The number of hydrogen-bond donors (Lipinski definition) is 1. The number of nitrogens with zero attached hydrogens (tertiary/aromatic N) is 2. The van der Waals surface area contributed by atoms with Gasteiger partial charge in [-0.15, -0.1) is 0 Å². The number of likely N-dealkylation sites (tertiary alicyclic amines) is 2. The molecule has 134 valence electrons. The normalized spacial score (nSPS) is 26.5. The lowest BCUT2D eigenvalue weighted by atomic mass is 10.0. The molecule has 2 saturated heterocycles. The Kier molecular flexibility index (Phi) is 6.03. The molecule has 1 aromatic rings. The van der Waals surface area contributed by atoms with Gasteiger partial charge in [0.2, 0.25) is 0 Å². The summed E-state index contributed by atoms with van der Waals surface area (Å²) in [6.07, 6.45) is 3.48. The second-order valence-corrected chi connectivity index (χ2v) is 6.82. The molecule has 2 aliphatic rings. The van der Waals surface area contributed by atoms with Gasteiger partial charge in [-0.1, -0.05) is 6.42 Å². The van der Waals surface area contributed by atoms with Crippen molar-refractivity contribution >= 4 is 0 Å². The number of piperidine rings is 2. The molecule has 2 atom stereocenters. The van der Waals surface area contributed by atoms with Gasteiger partial charge in [0.05, 0.1) is 0 Å². The first-order valence-corrected chi connectivity index (χ1v) is 8.86. The standard InChI is InChI=1S/C18H26F2N2O2/c19-14-10-15(20)12-16(11-14)24-18-4-7-22(13-17(18)23)9-8-21-5-2-1-3-6-21/h10-12,17-18,23H,1-9,13H2/t17-,18-/m1/s1. The van der Waals surface area contributed by atoms with Crippen molar-refractivity contribution in [3.05, 3.63) is 29.8 Å². The Morgan fingerprint density at radius 2 is 1.62 bits per heavy atom. The molecule has 0 amide bonds. The minimum Gasteiger partial charge on any atom is -0.487 e. The lowest BCUT2D eigenvalue weighted by Crippen LogP contribution is -2.50. The maximum Gasteiger partial charge on any atom is 0.129 e. The van der Waals surface area contributed by atoms with E-state index in [1.165, 1.54) is 32.4 Å². The fourth-order valence-corrected chi connectivity index (χ4v) is 3.55. The molecule has 2 fully saturated rings. The van der Waals surface area contributed by atoms with Crippen molar-refractivity contribution in [3.63, 3.8) is 0 Å². The van der Waals surface area contributed by atoms with E-state index in [1.807, 2.05) is 0 Å². The molecule has 0 spiro atoms. The first-order chi connectivity index (χ1) is 11.6. The number of hydrogen-bond acceptors (Lipinski definition) is 4. The Labute approximate surface area is 142 Å². The third-order valence-corrected chi connectivity index (χ3v) is 4.91. The van der Waals surface area contributed by atoms with Gasteiger partial charge in [-0.25, -0.2) is 8.78 Å². The molecule has 24 heavy (non-hydrogen) atoms. The van der Waals surface area contributed by atoms with Crippen LogP contribution in [-0.2, 0) is 0 Å². The molecular weight excluding hydrogens is 314 g/mol. The topological polar surface area (TPSA) is 35.9 Å². The van der Waals surface area contributed by atoms with Crippen molar-refractivity contribution in [2.24, 2.45) is 0 Å². The van der Waals surface area contributed by atoms with Crippen molar-refractivity contribution in [2.75, 3.05) is 39.3 Å². The van der Waals surface area contributed by atoms with Crippen LogP contribution in [0.3, 0.4) is 0 Å². The molecule has 0 saturated carbocycles. The zero-order valence-corrected chi connectivity index (χ0v) is 14.0. The Bertz CT molecular complexity index is 518. The van der Waals surface area contributed by atoms with Crippen LogP contribution in [0.25, 0.3) is 0 Å². The summed E-state index contributed by atoms with van der Waals surface area (Å²) < 4.78 is 32.1. The summed E-state index contributed by atoms with van der Waals surface area (Å²) in [6, 6.07) is 3.11. The number of ether oxygens (including phenoxy) is 1. The molecule has 1 N–H and O–H groups in total. The fourth-order valence-electron chi connectivity index (χ4n) is 3.55. The molecule has 3 rings (SSSR count). The summed E-state index contributed by atoms with van der Waals surface area (Å²) in [6.45, 7) is 5.69. The summed E-state index contributed by atoms with van der Waals surface area (Å²) in [5.74, 6) is -1.20. The molecule has 0 bridgehead atoms. The highest BCUT2D eigenvalue weighted by Gasteiger charge is 2.29. The van der Waals surface area contributed by atoms with Gasteiger partial charge >= 0.3 is 0 Å². The number of β-amino-alcohol motifs (C(OH)–C–C–N with tert-alkyl or cyclic N) is 1. The van der Waals surface area contributed by atoms with E-state index in [-0.39, 0.29) is 5.75 Å². The molecule has 2 aliphatic heterocycles. The van der Waals surface area contributed by atoms with Gasteiger partial charge in [0.15, 0.2) is 0 Å². The average Bonchev–Trinajstić information content (AvgIpc) is 2.55. The van der Waals surface area contributed by atoms with E-state index in [4.69, 9.17) is 4.74 Å². The molecule has 0 unspecified atom stereocenters. The molecule has 0 aromatic heterocycles. The van der Waals surface area contributed by atoms with Crippen LogP contribution < -0.4 is 4.74 Å². The highest BCUT2D eigenvalue weighted by atomic mass is 19.1. The van der Waals surface area contributed by atoms with Gasteiger partial charge < -0.3 is 14.7 Å². The van der Waals surface area contributed by atoms with Crippen LogP contribution in [0.2, 0.25) is 0 Å². The quantitative estimate of drug-likeness (QED) is 0.892. The van der Waals surface area contributed by atoms with Crippen molar-refractivity contribution in [2.45, 2.75) is 37.9 Å². The Morgan fingerprint density at radius 3 is 2.29 bits per heavy atom. The fraction of sp³-hybridized carbons (Fsp3) is 0.667. The van der Waals surface area contributed by atoms with E-state index >= 15 is 0 Å². The van der Waals surface area contributed by atoms with Crippen LogP contribution in [-0.4, -0.2) is 66.4 Å². The summed E-state index contributed by atoms with van der Waals surface area (Å²) in [7, 11) is 0. The van der Waals surface area contributed by atoms with Crippen LogP contribution >= 0.6 is 0 Å². The van der Waals surface area contributed by atoms with Gasteiger partial charge in [0.1, 0.15) is 29.6 Å². The minimum absolute atomic E-state index is 0.137. The molecule has 4 nitrogen and oxygen atoms in total. The number of aliphatic hydroxyl groups is 1. The van der Waals surface area contributed by atoms with E-state index in [9.17, 15) is 13.9 Å². The number of aliphatic hydroxyl groups excluding tert-OH is 1. The minimum atomic E-state index is -0.668. The monoisotopic (exact) mass is 340 g/mol. The molecular formula is C18H26F2N2O2. The van der Waals surface area contributed by atoms with E-state index in [2.05, 4.69) is 9.80 Å². The van der Waals surface area contributed by atoms with E-state index in [0.717, 1.165) is 37.8 Å². The number of rotatable bonds is 5. The van der Waals surface area contributed by atoms with Crippen LogP contribution in [0, 0.1) is 11.6 Å². The zero-order valence-electron chi connectivity index (χ0n) is 14.0. The van der Waals surface area contributed by atoms with Crippen molar-refractivity contribution in [1.29, 1.82) is 0 Å². The van der Waals surface area contributed by atoms with Crippen LogP contribution in [0.1, 0.15) is 25.7 Å². The Balaban J connectivity index is 1.46. The zero-order chi connectivity index (χ0) is 16.9. The smallest absolute Gasteiger partial charge is 0.129 e. The first kappa shape index (κ1) is 17.6. The second kappa shape index (κ2) is 8.23. The van der Waals surface area contributed by atoms with E-state index < -0.39 is 23.8 Å². The van der Waals surface area contributed by atoms with Crippen molar-refractivity contribution < 1.29 is 18.6 Å². The predicted molar refractivity (Wildman–Crippen MR) is 88.1 cm³/mol. The average molecular weight is 340 g/mol. The van der Waals surface area contributed by atoms with Gasteiger partial charge in [-0.2, -0.15) is 0 Å². The maximum absolute atomic E-state index is 13.2. The van der Waals surface area contributed by atoms with Crippen LogP contribution in [0.5, 0.6) is 5.75 Å². The molecule has 0 aliphatic carbocycles. The largest absolute Gasteiger partial charge is 0.487 e. The van der Waals surface area contributed by atoms with Crippen LogP contribution in [0.4, 0.5) is 8.78 Å². The molecule has 2 heterocycles. The predicted octanol–water partition coefficient (Wildman–Crippen LogP) is 2.26. The highest BCUT2D eigenvalue weighted by molar-refractivity contribution is 5.24.